The molecule has 140 valence electrons. The van der Waals surface area contributed by atoms with Crippen molar-refractivity contribution in [2.24, 2.45) is 0 Å². The Labute approximate surface area is 156 Å². The minimum atomic E-state index is -3.28. The van der Waals surface area contributed by atoms with E-state index in [1.165, 1.54) is 24.3 Å². The monoisotopic (exact) mass is 387 g/mol. The Morgan fingerprint density at radius 2 is 1.81 bits per heavy atom. The van der Waals surface area contributed by atoms with Gasteiger partial charge in [-0.25, -0.2) is 18.3 Å². The lowest BCUT2D eigenvalue weighted by atomic mass is 10.0. The quantitative estimate of drug-likeness (QED) is 0.622. The third kappa shape index (κ3) is 3.84. The highest BCUT2D eigenvalue weighted by atomic mass is 32.2. The third-order valence-electron chi connectivity index (χ3n) is 4.53. The second-order valence-electron chi connectivity index (χ2n) is 6.40. The summed E-state index contributed by atoms with van der Waals surface area (Å²) in [6, 6.07) is 10.8. The second-order valence-corrected chi connectivity index (χ2v) is 8.42. The van der Waals surface area contributed by atoms with E-state index < -0.39 is 21.6 Å². The average Bonchev–Trinajstić information content (AvgIpc) is 2.86. The van der Waals surface area contributed by atoms with Crippen LogP contribution in [-0.2, 0) is 14.6 Å². The molecule has 0 spiro atoms. The molecule has 0 unspecified atom stereocenters. The van der Waals surface area contributed by atoms with E-state index in [1.54, 1.807) is 23.7 Å². The normalized spacial score (nSPS) is 15.2. The van der Waals surface area contributed by atoms with Gasteiger partial charge in [-0.3, -0.25) is 10.0 Å². The molecule has 27 heavy (non-hydrogen) atoms. The van der Waals surface area contributed by atoms with Crippen molar-refractivity contribution in [1.82, 2.24) is 5.48 Å². The summed E-state index contributed by atoms with van der Waals surface area (Å²) in [4.78, 5) is 11.9. The second kappa shape index (κ2) is 7.09. The molecule has 5 nitrogen and oxygen atoms in total. The van der Waals surface area contributed by atoms with Crippen molar-refractivity contribution < 1.29 is 22.8 Å². The molecule has 2 aromatic carbocycles. The highest BCUT2D eigenvalue weighted by molar-refractivity contribution is 7.90. The molecule has 0 saturated carbocycles. The largest absolute Gasteiger partial charge is 0.289 e. The summed E-state index contributed by atoms with van der Waals surface area (Å²) in [5, 5.41) is 8.82. The van der Waals surface area contributed by atoms with Gasteiger partial charge in [0.15, 0.2) is 9.84 Å². The first-order chi connectivity index (χ1) is 12.7. The molecule has 0 saturated heterocycles. The van der Waals surface area contributed by atoms with Gasteiger partial charge in [-0.2, -0.15) is 0 Å². The topological polar surface area (TPSA) is 83.5 Å². The molecule has 0 bridgehead atoms. The number of amides is 1. The minimum absolute atomic E-state index is 0.0802. The Hall–Kier alpha value is -2.77. The number of fused-ring (bicyclic) bond motifs is 1. The number of hydroxylamine groups is 1. The predicted molar refractivity (Wildman–Crippen MR) is 101 cm³/mol. The standard InChI is InChI=1S/C20H18FNO4S/c1-12-17(9-13-3-6-15(7-4-13)27(2,25)26)16-8-5-14(21)10-19(16)18(12)11-20(23)22-24/h3-10,24H,11H2,1-2H3,(H,22,23)/b17-9+. The molecule has 2 aromatic rings. The van der Waals surface area contributed by atoms with Crippen molar-refractivity contribution in [2.75, 3.05) is 6.26 Å². The molecule has 1 aliphatic rings. The molecule has 1 aliphatic carbocycles. The number of nitrogens with one attached hydrogen (secondary N) is 1. The zero-order valence-electron chi connectivity index (χ0n) is 14.8. The Kier molecular flexibility index (Phi) is 4.99. The van der Waals surface area contributed by atoms with Gasteiger partial charge in [0, 0.05) is 6.26 Å². The summed E-state index contributed by atoms with van der Waals surface area (Å²) in [5.41, 5.74) is 6.01. The molecule has 3 rings (SSSR count). The van der Waals surface area contributed by atoms with Gasteiger partial charge in [0.25, 0.3) is 0 Å². The van der Waals surface area contributed by atoms with E-state index >= 15 is 0 Å². The van der Waals surface area contributed by atoms with E-state index in [2.05, 4.69) is 0 Å². The smallest absolute Gasteiger partial charge is 0.247 e. The summed E-state index contributed by atoms with van der Waals surface area (Å²) in [5.74, 6) is -1.000. The number of halogens is 1. The molecule has 1 amide bonds. The fourth-order valence-corrected chi connectivity index (χ4v) is 3.79. The molecule has 2 N–H and O–H groups in total. The first kappa shape index (κ1) is 19.0. The molecule has 0 heterocycles. The number of benzene rings is 2. The predicted octanol–water partition coefficient (Wildman–Crippen LogP) is 3.45. The maximum Gasteiger partial charge on any atom is 0.247 e. The highest BCUT2D eigenvalue weighted by Crippen LogP contribution is 2.43. The van der Waals surface area contributed by atoms with Crippen LogP contribution in [0.4, 0.5) is 4.39 Å². The number of allylic oxidation sites excluding steroid dienone is 2. The molecule has 0 radical (unpaired) electrons. The Bertz CT molecular complexity index is 1080. The van der Waals surface area contributed by atoms with Gasteiger partial charge in [0.2, 0.25) is 5.91 Å². The van der Waals surface area contributed by atoms with E-state index in [0.717, 1.165) is 28.5 Å². The van der Waals surface area contributed by atoms with Crippen LogP contribution in [0, 0.1) is 5.82 Å². The van der Waals surface area contributed by atoms with Crippen LogP contribution >= 0.6 is 0 Å². The molecule has 0 fully saturated rings. The third-order valence-corrected chi connectivity index (χ3v) is 5.66. The van der Waals surface area contributed by atoms with E-state index in [0.29, 0.717) is 11.1 Å². The molecular weight excluding hydrogens is 369 g/mol. The SMILES string of the molecule is CC1=C(CC(=O)NO)c2cc(F)ccc2/C1=C/c1ccc(S(C)(=O)=O)cc1. The molecule has 7 heteroatoms. The number of hydrogen-bond acceptors (Lipinski definition) is 4. The Balaban J connectivity index is 2.09. The lowest BCUT2D eigenvalue weighted by Crippen LogP contribution is -2.18. The first-order valence-corrected chi connectivity index (χ1v) is 10.0. The highest BCUT2D eigenvalue weighted by Gasteiger charge is 2.25. The number of carbonyl (C=O) groups is 1. The van der Waals surface area contributed by atoms with E-state index in [-0.39, 0.29) is 11.3 Å². The van der Waals surface area contributed by atoms with Crippen molar-refractivity contribution in [1.29, 1.82) is 0 Å². The summed E-state index contributed by atoms with van der Waals surface area (Å²) in [6.07, 6.45) is 2.93. The number of hydrogen-bond donors (Lipinski definition) is 2. The lowest BCUT2D eigenvalue weighted by molar-refractivity contribution is -0.128. The fourth-order valence-electron chi connectivity index (χ4n) is 3.16. The van der Waals surface area contributed by atoms with E-state index in [9.17, 15) is 17.6 Å². The number of rotatable bonds is 4. The molecular formula is C20H18FNO4S. The van der Waals surface area contributed by atoms with Gasteiger partial charge < -0.3 is 0 Å². The van der Waals surface area contributed by atoms with Crippen molar-refractivity contribution in [3.63, 3.8) is 0 Å². The van der Waals surface area contributed by atoms with Crippen molar-refractivity contribution in [2.45, 2.75) is 18.2 Å². The molecule has 0 aromatic heterocycles. The summed E-state index contributed by atoms with van der Waals surface area (Å²) in [7, 11) is -3.28. The van der Waals surface area contributed by atoms with Gasteiger partial charge in [0.05, 0.1) is 11.3 Å². The van der Waals surface area contributed by atoms with E-state index in [4.69, 9.17) is 5.21 Å². The van der Waals surface area contributed by atoms with Crippen LogP contribution in [0.2, 0.25) is 0 Å². The van der Waals surface area contributed by atoms with Crippen LogP contribution in [0.25, 0.3) is 17.2 Å². The van der Waals surface area contributed by atoms with Gasteiger partial charge in [-0.1, -0.05) is 18.2 Å². The van der Waals surface area contributed by atoms with Crippen LogP contribution < -0.4 is 5.48 Å². The number of carbonyl (C=O) groups excluding carboxylic acids is 1. The van der Waals surface area contributed by atoms with Crippen LogP contribution in [0.3, 0.4) is 0 Å². The first-order valence-electron chi connectivity index (χ1n) is 8.16. The molecule has 0 atom stereocenters. The van der Waals surface area contributed by atoms with Crippen LogP contribution in [-0.4, -0.2) is 25.8 Å². The van der Waals surface area contributed by atoms with Gasteiger partial charge in [-0.05, 0) is 70.7 Å². The summed E-state index contributed by atoms with van der Waals surface area (Å²) >= 11 is 0. The maximum absolute atomic E-state index is 13.7. The van der Waals surface area contributed by atoms with Crippen LogP contribution in [0.15, 0.2) is 52.9 Å². The zero-order chi connectivity index (χ0) is 19.8. The van der Waals surface area contributed by atoms with Gasteiger partial charge in [-0.15, -0.1) is 0 Å². The number of sulfone groups is 1. The summed E-state index contributed by atoms with van der Waals surface area (Å²) < 4.78 is 36.9. The summed E-state index contributed by atoms with van der Waals surface area (Å²) in [6.45, 7) is 1.83. The fraction of sp³-hybridized carbons (Fsp3) is 0.150. The zero-order valence-corrected chi connectivity index (χ0v) is 15.6. The Morgan fingerprint density at radius 3 is 2.41 bits per heavy atom. The van der Waals surface area contributed by atoms with Crippen molar-refractivity contribution >= 4 is 33.0 Å². The lowest BCUT2D eigenvalue weighted by Gasteiger charge is -2.05. The minimum Gasteiger partial charge on any atom is -0.289 e. The van der Waals surface area contributed by atoms with Gasteiger partial charge >= 0.3 is 0 Å². The van der Waals surface area contributed by atoms with Crippen molar-refractivity contribution in [3.8, 4) is 0 Å². The van der Waals surface area contributed by atoms with Crippen molar-refractivity contribution in [3.05, 3.63) is 70.5 Å². The van der Waals surface area contributed by atoms with E-state index in [1.807, 2.05) is 13.0 Å². The van der Waals surface area contributed by atoms with Gasteiger partial charge in [0.1, 0.15) is 5.82 Å². The average molecular weight is 387 g/mol. The Morgan fingerprint density at radius 1 is 1.15 bits per heavy atom. The van der Waals surface area contributed by atoms with Crippen LogP contribution in [0.1, 0.15) is 30.0 Å². The maximum atomic E-state index is 13.7. The molecule has 0 aliphatic heterocycles. The van der Waals surface area contributed by atoms with Crippen LogP contribution in [0.5, 0.6) is 0 Å².